The molecule has 0 aromatic carbocycles. The van der Waals surface area contributed by atoms with Gasteiger partial charge in [0.2, 0.25) is 6.36 Å². The van der Waals surface area contributed by atoms with Gasteiger partial charge in [-0.3, -0.25) is 0 Å². The zero-order valence-electron chi connectivity index (χ0n) is 4.14. The second-order valence-corrected chi connectivity index (χ2v) is 1.87. The Balaban J connectivity index is 2.28. The lowest BCUT2D eigenvalue weighted by Crippen LogP contribution is -2.31. The summed E-state index contributed by atoms with van der Waals surface area (Å²) in [5.41, 5.74) is -0.913. The lowest BCUT2D eigenvalue weighted by atomic mass is 10.6. The minimum atomic E-state index is -1.45. The zero-order valence-corrected chi connectivity index (χ0v) is 4.90. The maximum absolute atomic E-state index is 12.1. The average molecular weight is 141 g/mol. The van der Waals surface area contributed by atoms with Crippen molar-refractivity contribution in [2.75, 3.05) is 13.2 Å². The third-order valence-electron chi connectivity index (χ3n) is 0.844. The van der Waals surface area contributed by atoms with Gasteiger partial charge in [-0.15, -0.1) is 0 Å². The minimum absolute atomic E-state index is 0.296. The first kappa shape index (κ1) is 6.26. The van der Waals surface area contributed by atoms with Gasteiger partial charge in [0.05, 0.1) is 13.2 Å². The molecule has 2 nitrogen and oxygen atoms in total. The molecule has 0 bridgehead atoms. The van der Waals surface area contributed by atoms with Gasteiger partial charge in [-0.05, 0) is 0 Å². The van der Waals surface area contributed by atoms with Crippen LogP contribution >= 0.6 is 11.6 Å². The van der Waals surface area contributed by atoms with E-state index >= 15 is 0 Å². The quantitative estimate of drug-likeness (QED) is 0.466. The van der Waals surface area contributed by atoms with Crippen LogP contribution in [0.15, 0.2) is 0 Å². The lowest BCUT2D eigenvalue weighted by molar-refractivity contribution is -0.162. The Labute approximate surface area is 51.5 Å². The molecule has 0 aromatic heterocycles. The van der Waals surface area contributed by atoms with Crippen LogP contribution in [0, 0.1) is 0 Å². The van der Waals surface area contributed by atoms with Crippen molar-refractivity contribution in [3.8, 4) is 0 Å². The Morgan fingerprint density at radius 3 is 2.38 bits per heavy atom. The van der Waals surface area contributed by atoms with E-state index in [1.165, 1.54) is 0 Å². The number of ether oxygens (including phenoxy) is 2. The summed E-state index contributed by atoms with van der Waals surface area (Å²) in [5.74, 6) is 0. The van der Waals surface area contributed by atoms with Crippen molar-refractivity contribution in [3.05, 3.63) is 0 Å². The molecule has 0 unspecified atom stereocenters. The van der Waals surface area contributed by atoms with Gasteiger partial charge in [-0.25, -0.2) is 4.39 Å². The summed E-state index contributed by atoms with van der Waals surface area (Å²) >= 11 is 5.24. The first-order valence-electron chi connectivity index (χ1n) is 2.32. The van der Waals surface area contributed by atoms with Crippen LogP contribution in [0.3, 0.4) is 0 Å². The van der Waals surface area contributed by atoms with Gasteiger partial charge in [0, 0.05) is 0 Å². The van der Waals surface area contributed by atoms with Crippen molar-refractivity contribution >= 4 is 11.6 Å². The molecular weight excluding hydrogens is 134 g/mol. The van der Waals surface area contributed by atoms with Crippen molar-refractivity contribution in [1.82, 2.24) is 0 Å². The van der Waals surface area contributed by atoms with Gasteiger partial charge in [0.1, 0.15) is 0 Å². The molecule has 0 spiro atoms. The van der Waals surface area contributed by atoms with E-state index in [1.54, 1.807) is 0 Å². The molecule has 0 aromatic rings. The van der Waals surface area contributed by atoms with Crippen molar-refractivity contribution < 1.29 is 13.9 Å². The highest BCUT2D eigenvalue weighted by molar-refractivity contribution is 6.20. The van der Waals surface area contributed by atoms with Crippen LogP contribution in [0.5, 0.6) is 0 Å². The fourth-order valence-corrected chi connectivity index (χ4v) is 0.635. The molecule has 1 heterocycles. The summed E-state index contributed by atoms with van der Waals surface area (Å²) < 4.78 is 21.2. The first-order chi connectivity index (χ1) is 3.80. The molecule has 0 N–H and O–H groups in total. The largest absolute Gasteiger partial charge is 0.354 e. The van der Waals surface area contributed by atoms with Gasteiger partial charge < -0.3 is 9.47 Å². The maximum Gasteiger partial charge on any atom is 0.239 e. The maximum atomic E-state index is 12.1. The zero-order chi connectivity index (χ0) is 5.98. The third-order valence-corrected chi connectivity index (χ3v) is 1.17. The van der Waals surface area contributed by atoms with Crippen LogP contribution in [-0.2, 0) is 9.47 Å². The molecule has 1 rings (SSSR count). The van der Waals surface area contributed by atoms with Crippen LogP contribution in [0.2, 0.25) is 0 Å². The van der Waals surface area contributed by atoms with Gasteiger partial charge >= 0.3 is 0 Å². The highest BCUT2D eigenvalue weighted by Crippen LogP contribution is 2.13. The van der Waals surface area contributed by atoms with E-state index < -0.39 is 11.9 Å². The van der Waals surface area contributed by atoms with Crippen molar-refractivity contribution in [2.45, 2.75) is 11.9 Å². The molecule has 1 aliphatic heterocycles. The molecular formula is C4H6ClFO2. The van der Waals surface area contributed by atoms with Gasteiger partial charge in [0.25, 0.3) is 0 Å². The van der Waals surface area contributed by atoms with E-state index in [9.17, 15) is 4.39 Å². The number of rotatable bonds is 0. The molecule has 0 radical (unpaired) electrons. The van der Waals surface area contributed by atoms with E-state index in [1.807, 2.05) is 0 Å². The first-order valence-corrected chi connectivity index (χ1v) is 2.75. The van der Waals surface area contributed by atoms with Crippen LogP contribution in [0.4, 0.5) is 4.39 Å². The molecule has 0 aliphatic carbocycles. The molecule has 48 valence electrons. The number of hydrogen-bond donors (Lipinski definition) is 0. The predicted octanol–water partition coefficient (Wildman–Crippen LogP) is 0.894. The van der Waals surface area contributed by atoms with Gasteiger partial charge in [0.15, 0.2) is 5.56 Å². The Hall–Kier alpha value is 0.140. The second kappa shape index (κ2) is 2.62. The second-order valence-electron chi connectivity index (χ2n) is 1.44. The molecule has 0 saturated carbocycles. The Kier molecular flexibility index (Phi) is 2.05. The topological polar surface area (TPSA) is 18.5 Å². The van der Waals surface area contributed by atoms with Crippen LogP contribution in [-0.4, -0.2) is 25.1 Å². The fraction of sp³-hybridized carbons (Fsp3) is 1.00. The van der Waals surface area contributed by atoms with Crippen molar-refractivity contribution in [1.29, 1.82) is 0 Å². The molecule has 1 saturated heterocycles. The SMILES string of the molecule is F[C@@H]1OCCO[C@H]1Cl. The summed E-state index contributed by atoms with van der Waals surface area (Å²) in [6.45, 7) is 0.680. The van der Waals surface area contributed by atoms with E-state index in [0.717, 1.165) is 0 Å². The number of halogens is 2. The Morgan fingerprint density at radius 2 is 2.00 bits per heavy atom. The number of hydrogen-bond acceptors (Lipinski definition) is 2. The molecule has 2 atom stereocenters. The fourth-order valence-electron chi connectivity index (χ4n) is 0.473. The predicted molar refractivity (Wildman–Crippen MR) is 26.4 cm³/mol. The molecule has 8 heavy (non-hydrogen) atoms. The molecule has 4 heteroatoms. The Bertz CT molecular complexity index is 70.4. The van der Waals surface area contributed by atoms with E-state index in [-0.39, 0.29) is 0 Å². The molecule has 0 amide bonds. The summed E-state index contributed by atoms with van der Waals surface area (Å²) in [6.07, 6.45) is -1.45. The average Bonchev–Trinajstić information content (AvgIpc) is 1.77. The standard InChI is InChI=1S/C4H6ClFO2/c5-3-4(6)8-2-1-7-3/h3-4H,1-2H2/t3-,4-/m1/s1. The molecule has 1 fully saturated rings. The highest BCUT2D eigenvalue weighted by Gasteiger charge is 2.23. The Morgan fingerprint density at radius 1 is 1.38 bits per heavy atom. The normalized spacial score (nSPS) is 39.8. The summed E-state index contributed by atoms with van der Waals surface area (Å²) in [7, 11) is 0. The summed E-state index contributed by atoms with van der Waals surface area (Å²) in [4.78, 5) is 0. The summed E-state index contributed by atoms with van der Waals surface area (Å²) in [6, 6.07) is 0. The lowest BCUT2D eigenvalue weighted by Gasteiger charge is -2.20. The monoisotopic (exact) mass is 140 g/mol. The van der Waals surface area contributed by atoms with Crippen molar-refractivity contribution in [3.63, 3.8) is 0 Å². The van der Waals surface area contributed by atoms with Gasteiger partial charge in [-0.2, -0.15) is 0 Å². The van der Waals surface area contributed by atoms with Crippen LogP contribution in [0.25, 0.3) is 0 Å². The van der Waals surface area contributed by atoms with E-state index in [0.29, 0.717) is 13.2 Å². The van der Waals surface area contributed by atoms with Gasteiger partial charge in [-0.1, -0.05) is 11.6 Å². The minimum Gasteiger partial charge on any atom is -0.354 e. The smallest absolute Gasteiger partial charge is 0.239 e. The van der Waals surface area contributed by atoms with Crippen LogP contribution < -0.4 is 0 Å². The molecule has 1 aliphatic rings. The van der Waals surface area contributed by atoms with E-state index in [4.69, 9.17) is 11.6 Å². The van der Waals surface area contributed by atoms with E-state index in [2.05, 4.69) is 9.47 Å². The van der Waals surface area contributed by atoms with Crippen LogP contribution in [0.1, 0.15) is 0 Å². The summed E-state index contributed by atoms with van der Waals surface area (Å²) in [5, 5.41) is 0. The van der Waals surface area contributed by atoms with Crippen molar-refractivity contribution in [2.24, 2.45) is 0 Å². The number of alkyl halides is 2. The highest BCUT2D eigenvalue weighted by atomic mass is 35.5. The third kappa shape index (κ3) is 1.31.